The molecule has 152 valence electrons. The average Bonchev–Trinajstić information content (AvgIpc) is 2.64. The summed E-state index contributed by atoms with van der Waals surface area (Å²) >= 11 is 5.12. The molecule has 0 fully saturated rings. The van der Waals surface area contributed by atoms with E-state index in [1.54, 1.807) is 0 Å². The summed E-state index contributed by atoms with van der Waals surface area (Å²) in [7, 11) is 0. The molecule has 0 aliphatic carbocycles. The van der Waals surface area contributed by atoms with Crippen LogP contribution in [0.5, 0.6) is 0 Å². The van der Waals surface area contributed by atoms with E-state index in [0.717, 1.165) is 26.4 Å². The molecule has 0 rings (SSSR count). The third-order valence-corrected chi connectivity index (χ3v) is 7.99. The molecule has 2 nitrogen and oxygen atoms in total. The maximum atomic E-state index is 6.08. The van der Waals surface area contributed by atoms with Crippen LogP contribution in [0.3, 0.4) is 0 Å². The van der Waals surface area contributed by atoms with Crippen LogP contribution in [-0.2, 0) is 9.47 Å². The maximum Gasteiger partial charge on any atom is 0.0537 e. The van der Waals surface area contributed by atoms with Crippen LogP contribution < -0.4 is 0 Å². The van der Waals surface area contributed by atoms with Gasteiger partial charge in [-0.15, -0.1) is 0 Å². The summed E-state index contributed by atoms with van der Waals surface area (Å²) in [6, 6.07) is 0. The van der Waals surface area contributed by atoms with Crippen LogP contribution in [0.4, 0.5) is 0 Å². The van der Waals surface area contributed by atoms with Gasteiger partial charge in [-0.2, -0.15) is 0 Å². The molecule has 0 bridgehead atoms. The van der Waals surface area contributed by atoms with Crippen LogP contribution in [0.1, 0.15) is 90.9 Å². The molecule has 0 heterocycles. The van der Waals surface area contributed by atoms with E-state index in [-0.39, 0.29) is 0 Å². The number of alkyl halides is 2. The summed E-state index contributed by atoms with van der Waals surface area (Å²) < 4.78 is 14.1. The third kappa shape index (κ3) is 16.1. The zero-order chi connectivity index (χ0) is 18.6. The lowest BCUT2D eigenvalue weighted by molar-refractivity contribution is 0.0610. The van der Waals surface area contributed by atoms with E-state index in [1.165, 1.54) is 85.9 Å². The van der Waals surface area contributed by atoms with Crippen molar-refractivity contribution in [1.29, 1.82) is 0 Å². The largest absolute Gasteiger partial charge is 0.381 e. The van der Waals surface area contributed by atoms with Gasteiger partial charge in [-0.25, -0.2) is 0 Å². The lowest BCUT2D eigenvalue weighted by atomic mass is 9.88. The zero-order valence-electron chi connectivity index (χ0n) is 16.8. The molecule has 0 N–H and O–H groups in total. The number of ether oxygens (including phenoxy) is 2. The van der Waals surface area contributed by atoms with Crippen LogP contribution in [0.2, 0.25) is 0 Å². The minimum absolute atomic E-state index is 0.381. The number of hydrogen-bond acceptors (Lipinski definition) is 2. The molecule has 0 aromatic heterocycles. The monoisotopic (exact) mass is 580 g/mol. The Morgan fingerprint density at radius 3 is 1.76 bits per heavy atom. The first-order valence-corrected chi connectivity index (χ1v) is 13.6. The highest BCUT2D eigenvalue weighted by Gasteiger charge is 2.27. The molecule has 0 aromatic rings. The molecule has 0 aliphatic rings. The van der Waals surface area contributed by atoms with Crippen molar-refractivity contribution in [2.45, 2.75) is 90.9 Å². The van der Waals surface area contributed by atoms with Crippen molar-refractivity contribution in [1.82, 2.24) is 0 Å². The molecule has 4 heteroatoms. The van der Waals surface area contributed by atoms with Crippen LogP contribution in [0.25, 0.3) is 0 Å². The van der Waals surface area contributed by atoms with E-state index in [9.17, 15) is 0 Å². The molecule has 0 spiro atoms. The van der Waals surface area contributed by atoms with Crippen molar-refractivity contribution in [2.75, 3.05) is 35.3 Å². The molecule has 0 aliphatic heterocycles. The second kappa shape index (κ2) is 20.1. The highest BCUT2D eigenvalue weighted by atomic mass is 127. The zero-order valence-corrected chi connectivity index (χ0v) is 21.1. The molecule has 0 unspecified atom stereocenters. The standard InChI is InChI=1S/C21H42I2O2/c1-3-5-7-8-9-12-17-25-20-21(18-22,19-23)14-11-10-13-16-24-15-6-4-2/h3-20H2,1-2H3. The fourth-order valence-corrected chi connectivity index (χ4v) is 5.60. The molecule has 0 saturated heterocycles. The summed E-state index contributed by atoms with van der Waals surface area (Å²) in [6.07, 6.45) is 15.6. The molecule has 0 radical (unpaired) electrons. The van der Waals surface area contributed by atoms with Crippen LogP contribution >= 0.6 is 45.2 Å². The minimum atomic E-state index is 0.381. The fourth-order valence-electron chi connectivity index (χ4n) is 2.82. The van der Waals surface area contributed by atoms with E-state index in [4.69, 9.17) is 9.47 Å². The Morgan fingerprint density at radius 1 is 0.600 bits per heavy atom. The Morgan fingerprint density at radius 2 is 1.12 bits per heavy atom. The molecule has 25 heavy (non-hydrogen) atoms. The molecule has 0 saturated carbocycles. The Bertz CT molecular complexity index is 236. The van der Waals surface area contributed by atoms with E-state index in [0.29, 0.717) is 5.41 Å². The smallest absolute Gasteiger partial charge is 0.0537 e. The van der Waals surface area contributed by atoms with E-state index >= 15 is 0 Å². The fraction of sp³-hybridized carbons (Fsp3) is 1.00. The molecular weight excluding hydrogens is 538 g/mol. The Balaban J connectivity index is 3.70. The first-order chi connectivity index (χ1) is 12.2. The number of halogens is 2. The van der Waals surface area contributed by atoms with E-state index in [1.807, 2.05) is 0 Å². The van der Waals surface area contributed by atoms with Crippen molar-refractivity contribution in [2.24, 2.45) is 5.41 Å². The highest BCUT2D eigenvalue weighted by Crippen LogP contribution is 2.31. The van der Waals surface area contributed by atoms with Gasteiger partial charge in [0.2, 0.25) is 0 Å². The summed E-state index contributed by atoms with van der Waals surface area (Å²) in [5.74, 6) is 0. The second-order valence-corrected chi connectivity index (χ2v) is 8.89. The van der Waals surface area contributed by atoms with Crippen molar-refractivity contribution in [3.63, 3.8) is 0 Å². The highest BCUT2D eigenvalue weighted by molar-refractivity contribution is 14.1. The summed E-state index contributed by atoms with van der Waals surface area (Å²) in [5.41, 5.74) is 0.381. The Labute approximate surface area is 185 Å². The van der Waals surface area contributed by atoms with Gasteiger partial charge in [-0.1, -0.05) is 110 Å². The summed E-state index contributed by atoms with van der Waals surface area (Å²) in [6.45, 7) is 8.26. The lowest BCUT2D eigenvalue weighted by Gasteiger charge is -2.30. The normalized spacial score (nSPS) is 12.0. The number of rotatable bonds is 20. The van der Waals surface area contributed by atoms with Gasteiger partial charge in [-0.3, -0.25) is 0 Å². The van der Waals surface area contributed by atoms with Gasteiger partial charge in [0.05, 0.1) is 6.61 Å². The summed E-state index contributed by atoms with van der Waals surface area (Å²) in [4.78, 5) is 0. The molecule has 0 amide bonds. The van der Waals surface area contributed by atoms with Crippen LogP contribution in [0, 0.1) is 5.41 Å². The Hall–Kier alpha value is 1.38. The predicted octanol–water partition coefficient (Wildman–Crippen LogP) is 7.60. The minimum Gasteiger partial charge on any atom is -0.381 e. The number of hydrogen-bond donors (Lipinski definition) is 0. The van der Waals surface area contributed by atoms with Gasteiger partial charge in [0.1, 0.15) is 0 Å². The molecule has 0 aromatic carbocycles. The first kappa shape index (κ1) is 26.4. The quantitative estimate of drug-likeness (QED) is 0.0840. The van der Waals surface area contributed by atoms with Crippen LogP contribution in [0.15, 0.2) is 0 Å². The topological polar surface area (TPSA) is 18.5 Å². The van der Waals surface area contributed by atoms with Crippen molar-refractivity contribution in [3.05, 3.63) is 0 Å². The van der Waals surface area contributed by atoms with Gasteiger partial charge in [0, 0.05) is 34.1 Å². The van der Waals surface area contributed by atoms with Crippen molar-refractivity contribution >= 4 is 45.2 Å². The van der Waals surface area contributed by atoms with Crippen molar-refractivity contribution in [3.8, 4) is 0 Å². The SMILES string of the molecule is CCCCCCCCOCC(CI)(CI)CCCCCOCCCC. The number of unbranched alkanes of at least 4 members (excludes halogenated alkanes) is 8. The second-order valence-electron chi connectivity index (χ2n) is 7.36. The van der Waals surface area contributed by atoms with Gasteiger partial charge < -0.3 is 9.47 Å². The molecule has 0 atom stereocenters. The maximum absolute atomic E-state index is 6.08. The van der Waals surface area contributed by atoms with Crippen molar-refractivity contribution < 1.29 is 9.47 Å². The predicted molar refractivity (Wildman–Crippen MR) is 129 cm³/mol. The third-order valence-electron chi connectivity index (χ3n) is 4.76. The molecular formula is C21H42I2O2. The average molecular weight is 580 g/mol. The van der Waals surface area contributed by atoms with Crippen LogP contribution in [-0.4, -0.2) is 35.3 Å². The Kier molecular flexibility index (Phi) is 21.2. The van der Waals surface area contributed by atoms with Gasteiger partial charge in [0.25, 0.3) is 0 Å². The van der Waals surface area contributed by atoms with Gasteiger partial charge >= 0.3 is 0 Å². The van der Waals surface area contributed by atoms with E-state index < -0.39 is 0 Å². The van der Waals surface area contributed by atoms with E-state index in [2.05, 4.69) is 59.0 Å². The summed E-state index contributed by atoms with van der Waals surface area (Å²) in [5, 5.41) is 0. The van der Waals surface area contributed by atoms with Gasteiger partial charge in [0.15, 0.2) is 0 Å². The lowest BCUT2D eigenvalue weighted by Crippen LogP contribution is -2.31. The van der Waals surface area contributed by atoms with Gasteiger partial charge in [-0.05, 0) is 25.7 Å². The first-order valence-electron chi connectivity index (χ1n) is 10.5.